The Morgan fingerprint density at radius 2 is 1.74 bits per heavy atom. The van der Waals surface area contributed by atoms with Crippen LogP contribution < -0.4 is 5.11 Å². The third-order valence-electron chi connectivity index (χ3n) is 4.38. The predicted molar refractivity (Wildman–Crippen MR) is 85.4 cm³/mol. The fourth-order valence-corrected chi connectivity index (χ4v) is 5.60. The van der Waals surface area contributed by atoms with Crippen molar-refractivity contribution in [3.05, 3.63) is 53.4 Å². The van der Waals surface area contributed by atoms with Gasteiger partial charge in [-0.1, -0.05) is 36.4 Å². The van der Waals surface area contributed by atoms with Crippen LogP contribution in [0.1, 0.15) is 18.4 Å². The summed E-state index contributed by atoms with van der Waals surface area (Å²) in [6.07, 6.45) is 0.425. The number of nitrogens with zero attached hydrogens (tertiary/aromatic N) is 1. The molecule has 23 heavy (non-hydrogen) atoms. The van der Waals surface area contributed by atoms with E-state index in [4.69, 9.17) is 0 Å². The molecular formula is C16H16NO4S2-. The zero-order chi connectivity index (χ0) is 16.5. The second kappa shape index (κ2) is 6.07. The van der Waals surface area contributed by atoms with E-state index in [1.807, 2.05) is 6.07 Å². The third-order valence-corrected chi connectivity index (χ3v) is 7.65. The van der Waals surface area contributed by atoms with E-state index in [0.717, 1.165) is 0 Å². The van der Waals surface area contributed by atoms with Gasteiger partial charge in [0.25, 0.3) is 10.0 Å². The van der Waals surface area contributed by atoms with Gasteiger partial charge in [-0.2, -0.15) is 4.31 Å². The van der Waals surface area contributed by atoms with Crippen LogP contribution in [0.15, 0.2) is 52.1 Å². The number of carbonyl (C=O) groups is 1. The Morgan fingerprint density at radius 1 is 1.09 bits per heavy atom. The van der Waals surface area contributed by atoms with Crippen LogP contribution in [0.4, 0.5) is 0 Å². The van der Waals surface area contributed by atoms with E-state index in [9.17, 15) is 18.3 Å². The lowest BCUT2D eigenvalue weighted by Gasteiger charge is -2.42. The smallest absolute Gasteiger partial charge is 0.252 e. The molecule has 1 aliphatic heterocycles. The molecular weight excluding hydrogens is 334 g/mol. The predicted octanol–water partition coefficient (Wildman–Crippen LogP) is 1.22. The Kier molecular flexibility index (Phi) is 4.27. The van der Waals surface area contributed by atoms with Crippen LogP contribution in [0.5, 0.6) is 0 Å². The molecule has 3 rings (SSSR count). The topological polar surface area (TPSA) is 77.5 Å². The minimum absolute atomic E-state index is 0.170. The molecule has 0 amide bonds. The summed E-state index contributed by atoms with van der Waals surface area (Å²) in [7, 11) is -3.54. The maximum atomic E-state index is 12.5. The SMILES string of the molecule is O=C([O-])C1(c2ccccc2)CCN(S(=O)(=O)c2cccs2)CC1. The Bertz CT molecular complexity index is 777. The minimum Gasteiger partial charge on any atom is -0.549 e. The normalized spacial score (nSPS) is 18.6. The highest BCUT2D eigenvalue weighted by Gasteiger charge is 2.41. The zero-order valence-electron chi connectivity index (χ0n) is 12.3. The van der Waals surface area contributed by atoms with E-state index in [2.05, 4.69) is 0 Å². The summed E-state index contributed by atoms with van der Waals surface area (Å²) < 4.78 is 26.7. The molecule has 1 saturated heterocycles. The van der Waals surface area contributed by atoms with Crippen molar-refractivity contribution in [2.75, 3.05) is 13.1 Å². The van der Waals surface area contributed by atoms with E-state index in [1.54, 1.807) is 41.8 Å². The van der Waals surface area contributed by atoms with Crippen molar-refractivity contribution >= 4 is 27.3 Å². The van der Waals surface area contributed by atoms with Crippen molar-refractivity contribution in [2.45, 2.75) is 22.5 Å². The first-order valence-electron chi connectivity index (χ1n) is 7.27. The standard InChI is InChI=1S/C16H17NO4S2/c18-15(19)16(13-5-2-1-3-6-13)8-10-17(11-9-16)23(20,21)14-7-4-12-22-14/h1-7,12H,8-11H2,(H,18,19)/p-1. The van der Waals surface area contributed by atoms with Gasteiger partial charge in [-0.15, -0.1) is 11.3 Å². The minimum atomic E-state index is -3.54. The Labute approximate surface area is 139 Å². The lowest BCUT2D eigenvalue weighted by atomic mass is 9.73. The molecule has 0 aliphatic carbocycles. The van der Waals surface area contributed by atoms with Gasteiger partial charge in [-0.05, 0) is 29.9 Å². The highest BCUT2D eigenvalue weighted by atomic mass is 32.2. The van der Waals surface area contributed by atoms with Gasteiger partial charge in [0.2, 0.25) is 0 Å². The van der Waals surface area contributed by atoms with Crippen molar-refractivity contribution < 1.29 is 18.3 Å². The number of hydrogen-bond acceptors (Lipinski definition) is 5. The summed E-state index contributed by atoms with van der Waals surface area (Å²) in [5.41, 5.74) is -0.448. The fraction of sp³-hybridized carbons (Fsp3) is 0.312. The Hall–Kier alpha value is -1.70. The number of carboxylic acids is 1. The molecule has 0 spiro atoms. The van der Waals surface area contributed by atoms with Gasteiger partial charge in [0, 0.05) is 18.5 Å². The molecule has 1 aromatic heterocycles. The highest BCUT2D eigenvalue weighted by molar-refractivity contribution is 7.91. The average Bonchev–Trinajstić information content (AvgIpc) is 3.11. The molecule has 0 unspecified atom stereocenters. The van der Waals surface area contributed by atoms with Crippen LogP contribution >= 0.6 is 11.3 Å². The first kappa shape index (κ1) is 16.2. The van der Waals surface area contributed by atoms with Crippen LogP contribution in [0.3, 0.4) is 0 Å². The van der Waals surface area contributed by atoms with Crippen molar-refractivity contribution in [3.63, 3.8) is 0 Å². The van der Waals surface area contributed by atoms with Gasteiger partial charge < -0.3 is 9.90 Å². The van der Waals surface area contributed by atoms with Crippen molar-refractivity contribution in [2.24, 2.45) is 0 Å². The lowest BCUT2D eigenvalue weighted by molar-refractivity contribution is -0.315. The van der Waals surface area contributed by atoms with Gasteiger partial charge in [-0.25, -0.2) is 8.42 Å². The van der Waals surface area contributed by atoms with Crippen LogP contribution in [-0.2, 0) is 20.2 Å². The molecule has 0 N–H and O–H groups in total. The molecule has 0 radical (unpaired) electrons. The summed E-state index contributed by atoms with van der Waals surface area (Å²) >= 11 is 1.17. The monoisotopic (exact) mass is 350 g/mol. The van der Waals surface area contributed by atoms with E-state index in [-0.39, 0.29) is 30.1 Å². The van der Waals surface area contributed by atoms with E-state index in [1.165, 1.54) is 15.6 Å². The number of rotatable bonds is 4. The van der Waals surface area contributed by atoms with Gasteiger partial charge >= 0.3 is 0 Å². The summed E-state index contributed by atoms with van der Waals surface area (Å²) in [6.45, 7) is 0.339. The number of hydrogen-bond donors (Lipinski definition) is 0. The molecule has 122 valence electrons. The van der Waals surface area contributed by atoms with Crippen LogP contribution in [-0.4, -0.2) is 31.8 Å². The summed E-state index contributed by atoms with van der Waals surface area (Å²) in [5.74, 6) is -1.14. The van der Waals surface area contributed by atoms with Gasteiger partial charge in [0.05, 0.1) is 5.97 Å². The zero-order valence-corrected chi connectivity index (χ0v) is 14.0. The van der Waals surface area contributed by atoms with E-state index < -0.39 is 21.4 Å². The van der Waals surface area contributed by atoms with Crippen LogP contribution in [0, 0.1) is 0 Å². The maximum Gasteiger partial charge on any atom is 0.252 e. The average molecular weight is 350 g/mol. The molecule has 1 fully saturated rings. The Morgan fingerprint density at radius 3 is 2.26 bits per heavy atom. The summed E-state index contributed by atoms with van der Waals surface area (Å²) in [4.78, 5) is 11.8. The number of thiophene rings is 1. The fourth-order valence-electron chi connectivity index (χ4n) is 3.01. The van der Waals surface area contributed by atoms with Crippen molar-refractivity contribution in [3.8, 4) is 0 Å². The maximum absolute atomic E-state index is 12.5. The summed E-state index contributed by atoms with van der Waals surface area (Å²) in [6, 6.07) is 12.2. The quantitative estimate of drug-likeness (QED) is 0.831. The first-order valence-corrected chi connectivity index (χ1v) is 9.59. The number of piperidine rings is 1. The van der Waals surface area contributed by atoms with Gasteiger partial charge in [0.1, 0.15) is 4.21 Å². The highest BCUT2D eigenvalue weighted by Crippen LogP contribution is 2.37. The molecule has 2 aromatic rings. The number of carboxylic acid groups (broad SMARTS) is 1. The molecule has 0 bridgehead atoms. The number of sulfonamides is 1. The molecule has 0 atom stereocenters. The first-order chi connectivity index (χ1) is 11.0. The molecule has 0 saturated carbocycles. The number of benzene rings is 1. The molecule has 5 nitrogen and oxygen atoms in total. The summed E-state index contributed by atoms with van der Waals surface area (Å²) in [5, 5.41) is 13.5. The second-order valence-electron chi connectivity index (χ2n) is 5.57. The van der Waals surface area contributed by atoms with Gasteiger partial charge in [0.15, 0.2) is 0 Å². The van der Waals surface area contributed by atoms with E-state index in [0.29, 0.717) is 5.56 Å². The lowest BCUT2D eigenvalue weighted by Crippen LogP contribution is -2.53. The number of aliphatic carboxylic acids is 1. The van der Waals surface area contributed by atoms with Crippen LogP contribution in [0.25, 0.3) is 0 Å². The van der Waals surface area contributed by atoms with Crippen LogP contribution in [0.2, 0.25) is 0 Å². The van der Waals surface area contributed by atoms with Crippen molar-refractivity contribution in [1.29, 1.82) is 0 Å². The largest absolute Gasteiger partial charge is 0.549 e. The number of carbonyl (C=O) groups excluding carboxylic acids is 1. The molecule has 7 heteroatoms. The second-order valence-corrected chi connectivity index (χ2v) is 8.68. The third kappa shape index (κ3) is 2.80. The molecule has 1 aromatic carbocycles. The Balaban J connectivity index is 1.86. The van der Waals surface area contributed by atoms with Crippen molar-refractivity contribution in [1.82, 2.24) is 4.31 Å². The van der Waals surface area contributed by atoms with Gasteiger partial charge in [-0.3, -0.25) is 0 Å². The molecule has 1 aliphatic rings. The van der Waals surface area contributed by atoms with E-state index >= 15 is 0 Å². The molecule has 2 heterocycles.